The van der Waals surface area contributed by atoms with Gasteiger partial charge >= 0.3 is 0 Å². The Labute approximate surface area is 119 Å². The van der Waals surface area contributed by atoms with Gasteiger partial charge in [0.2, 0.25) is 0 Å². The molecule has 1 N–H and O–H groups in total. The molecule has 2 aromatic rings. The van der Waals surface area contributed by atoms with Crippen molar-refractivity contribution in [1.82, 2.24) is 4.90 Å². The summed E-state index contributed by atoms with van der Waals surface area (Å²) in [5.41, 5.74) is 2.27. The van der Waals surface area contributed by atoms with Gasteiger partial charge in [0.1, 0.15) is 11.3 Å². The predicted octanol–water partition coefficient (Wildman–Crippen LogP) is 3.12. The van der Waals surface area contributed by atoms with Crippen molar-refractivity contribution in [3.63, 3.8) is 0 Å². The van der Waals surface area contributed by atoms with Crippen LogP contribution in [0, 0.1) is 5.41 Å². The first-order valence-electron chi connectivity index (χ1n) is 7.58. The highest BCUT2D eigenvalue weighted by atomic mass is 16.3. The second-order valence-electron chi connectivity index (χ2n) is 6.55. The zero-order chi connectivity index (χ0) is 13.7. The summed E-state index contributed by atoms with van der Waals surface area (Å²) in [6, 6.07) is 8.55. The Hall–Kier alpha value is -1.32. The van der Waals surface area contributed by atoms with Crippen LogP contribution in [0.2, 0.25) is 0 Å². The molecule has 1 aromatic heterocycles. The Balaban J connectivity index is 1.91. The third-order valence-electron chi connectivity index (χ3n) is 5.21. The quantitative estimate of drug-likeness (QED) is 0.865. The number of nitrogens with zero attached hydrogens (tertiary/aromatic N) is 1. The molecule has 20 heavy (non-hydrogen) atoms. The molecule has 2 aliphatic rings. The van der Waals surface area contributed by atoms with Crippen molar-refractivity contribution in [3.8, 4) is 0 Å². The minimum atomic E-state index is -0.0820. The molecular weight excluding hydrogens is 250 g/mol. The van der Waals surface area contributed by atoms with Crippen LogP contribution in [-0.4, -0.2) is 29.7 Å². The van der Waals surface area contributed by atoms with E-state index in [-0.39, 0.29) is 18.1 Å². The molecule has 106 valence electrons. The Morgan fingerprint density at radius 2 is 2.20 bits per heavy atom. The fourth-order valence-corrected chi connectivity index (χ4v) is 4.13. The van der Waals surface area contributed by atoms with Crippen molar-refractivity contribution >= 4 is 11.0 Å². The molecule has 0 amide bonds. The summed E-state index contributed by atoms with van der Waals surface area (Å²) in [6.07, 6.45) is 3.30. The maximum absolute atomic E-state index is 9.92. The number of piperidine rings is 1. The van der Waals surface area contributed by atoms with Gasteiger partial charge in [-0.2, -0.15) is 0 Å². The number of furan rings is 1. The molecule has 3 heterocycles. The minimum absolute atomic E-state index is 0.0820. The summed E-state index contributed by atoms with van der Waals surface area (Å²) < 4.78 is 6.20. The Kier molecular flexibility index (Phi) is 2.69. The normalized spacial score (nSPS) is 30.2. The largest absolute Gasteiger partial charge is 0.459 e. The lowest BCUT2D eigenvalue weighted by Gasteiger charge is -2.48. The number of rotatable bonds is 1. The van der Waals surface area contributed by atoms with Gasteiger partial charge in [-0.3, -0.25) is 4.90 Å². The fourth-order valence-electron chi connectivity index (χ4n) is 4.13. The van der Waals surface area contributed by atoms with E-state index >= 15 is 0 Å². The van der Waals surface area contributed by atoms with Gasteiger partial charge in [0.05, 0.1) is 12.6 Å². The Bertz CT molecular complexity index is 647. The highest BCUT2D eigenvalue weighted by molar-refractivity contribution is 5.82. The lowest BCUT2D eigenvalue weighted by Crippen LogP contribution is -2.49. The molecule has 0 aliphatic carbocycles. The maximum Gasteiger partial charge on any atom is 0.134 e. The number of aliphatic hydroxyl groups is 1. The van der Waals surface area contributed by atoms with Gasteiger partial charge in [0.25, 0.3) is 0 Å². The third kappa shape index (κ3) is 1.60. The van der Waals surface area contributed by atoms with E-state index in [1.165, 1.54) is 17.4 Å². The average molecular weight is 271 g/mol. The summed E-state index contributed by atoms with van der Waals surface area (Å²) >= 11 is 0. The molecule has 0 radical (unpaired) electrons. The fraction of sp³-hybridized carbons (Fsp3) is 0.529. The van der Waals surface area contributed by atoms with Crippen molar-refractivity contribution < 1.29 is 9.52 Å². The van der Waals surface area contributed by atoms with E-state index in [2.05, 4.69) is 30.0 Å². The van der Waals surface area contributed by atoms with E-state index in [0.29, 0.717) is 0 Å². The van der Waals surface area contributed by atoms with E-state index in [1.54, 1.807) is 0 Å². The molecule has 2 unspecified atom stereocenters. The monoisotopic (exact) mass is 271 g/mol. The third-order valence-corrected chi connectivity index (χ3v) is 5.21. The number of para-hydroxylation sites is 1. The molecule has 2 aliphatic heterocycles. The van der Waals surface area contributed by atoms with Crippen molar-refractivity contribution in [1.29, 1.82) is 0 Å². The molecule has 0 bridgehead atoms. The Morgan fingerprint density at radius 3 is 3.05 bits per heavy atom. The topological polar surface area (TPSA) is 36.6 Å². The zero-order valence-electron chi connectivity index (χ0n) is 11.9. The van der Waals surface area contributed by atoms with E-state index in [1.807, 2.05) is 6.07 Å². The highest BCUT2D eigenvalue weighted by Crippen LogP contribution is 2.50. The van der Waals surface area contributed by atoms with Gasteiger partial charge in [-0.05, 0) is 31.9 Å². The number of hydrogen-bond acceptors (Lipinski definition) is 3. The van der Waals surface area contributed by atoms with Crippen molar-refractivity contribution in [2.24, 2.45) is 5.41 Å². The van der Waals surface area contributed by atoms with Crippen LogP contribution in [0.25, 0.3) is 11.0 Å². The van der Waals surface area contributed by atoms with Gasteiger partial charge in [0, 0.05) is 22.9 Å². The van der Waals surface area contributed by atoms with Gasteiger partial charge in [0.15, 0.2) is 0 Å². The van der Waals surface area contributed by atoms with Crippen LogP contribution >= 0.6 is 0 Å². The van der Waals surface area contributed by atoms with E-state index < -0.39 is 0 Å². The first-order valence-corrected chi connectivity index (χ1v) is 7.58. The summed E-state index contributed by atoms with van der Waals surface area (Å²) in [6.45, 7) is 4.63. The average Bonchev–Trinajstić information content (AvgIpc) is 2.85. The SMILES string of the molecule is CC1(CO)CCCN2CCc3c(oc4ccccc34)C21. The molecule has 3 nitrogen and oxygen atoms in total. The van der Waals surface area contributed by atoms with Crippen LogP contribution in [0.1, 0.15) is 37.1 Å². The minimum Gasteiger partial charge on any atom is -0.459 e. The molecular formula is C17H21NO2. The molecule has 0 saturated carbocycles. The standard InChI is InChI=1S/C17H21NO2/c1-17(11-19)8-4-9-18-10-7-13-12-5-2-3-6-14(12)20-15(13)16(17)18/h2-3,5-6,16,19H,4,7-11H2,1H3. The molecule has 3 heteroatoms. The van der Waals surface area contributed by atoms with Gasteiger partial charge in [-0.1, -0.05) is 25.1 Å². The second-order valence-corrected chi connectivity index (χ2v) is 6.55. The number of aliphatic hydroxyl groups excluding tert-OH is 1. The second kappa shape index (κ2) is 4.34. The van der Waals surface area contributed by atoms with Crippen LogP contribution in [0.3, 0.4) is 0 Å². The van der Waals surface area contributed by atoms with Gasteiger partial charge in [-0.15, -0.1) is 0 Å². The van der Waals surface area contributed by atoms with Crippen LogP contribution in [-0.2, 0) is 6.42 Å². The van der Waals surface area contributed by atoms with Crippen LogP contribution in [0.5, 0.6) is 0 Å². The van der Waals surface area contributed by atoms with Crippen molar-refractivity contribution in [3.05, 3.63) is 35.6 Å². The van der Waals surface area contributed by atoms with Crippen molar-refractivity contribution in [2.75, 3.05) is 19.7 Å². The highest BCUT2D eigenvalue weighted by Gasteiger charge is 2.46. The molecule has 2 atom stereocenters. The summed E-state index contributed by atoms with van der Waals surface area (Å²) in [5.74, 6) is 1.11. The lowest BCUT2D eigenvalue weighted by atomic mass is 9.72. The molecule has 1 aromatic carbocycles. The van der Waals surface area contributed by atoms with Crippen LogP contribution in [0.4, 0.5) is 0 Å². The molecule has 4 rings (SSSR count). The molecule has 1 fully saturated rings. The lowest BCUT2D eigenvalue weighted by molar-refractivity contribution is -0.0309. The molecule has 0 spiro atoms. The smallest absolute Gasteiger partial charge is 0.134 e. The Morgan fingerprint density at radius 1 is 1.35 bits per heavy atom. The van der Waals surface area contributed by atoms with Gasteiger partial charge in [-0.25, -0.2) is 0 Å². The summed E-state index contributed by atoms with van der Waals surface area (Å²) in [4.78, 5) is 2.50. The predicted molar refractivity (Wildman–Crippen MR) is 78.7 cm³/mol. The maximum atomic E-state index is 9.92. The first-order chi connectivity index (χ1) is 9.73. The van der Waals surface area contributed by atoms with Crippen LogP contribution < -0.4 is 0 Å². The number of fused-ring (bicyclic) bond motifs is 5. The van der Waals surface area contributed by atoms with E-state index in [0.717, 1.165) is 37.3 Å². The summed E-state index contributed by atoms with van der Waals surface area (Å²) in [5, 5.41) is 11.2. The van der Waals surface area contributed by atoms with Crippen LogP contribution in [0.15, 0.2) is 28.7 Å². The van der Waals surface area contributed by atoms with Gasteiger partial charge < -0.3 is 9.52 Å². The van der Waals surface area contributed by atoms with E-state index in [4.69, 9.17) is 4.42 Å². The summed E-state index contributed by atoms with van der Waals surface area (Å²) in [7, 11) is 0. The molecule has 1 saturated heterocycles. The number of benzene rings is 1. The van der Waals surface area contributed by atoms with E-state index in [9.17, 15) is 5.11 Å². The number of hydrogen-bond donors (Lipinski definition) is 1. The zero-order valence-corrected chi connectivity index (χ0v) is 11.9. The van der Waals surface area contributed by atoms with Crippen molar-refractivity contribution in [2.45, 2.75) is 32.2 Å². The first kappa shape index (κ1) is 12.4.